The number of aromatic nitrogens is 3. The van der Waals surface area contributed by atoms with Crippen LogP contribution in [0.5, 0.6) is 0 Å². The summed E-state index contributed by atoms with van der Waals surface area (Å²) in [5.74, 6) is -0.235. The van der Waals surface area contributed by atoms with E-state index in [9.17, 15) is 9.18 Å². The minimum Gasteiger partial charge on any atom is -0.341 e. The molecule has 1 fully saturated rings. The molecule has 0 spiro atoms. The van der Waals surface area contributed by atoms with E-state index in [1.165, 1.54) is 17.7 Å². The maximum Gasteiger partial charge on any atom is 0.227 e. The second kappa shape index (κ2) is 8.06. The molecule has 0 aliphatic carbocycles. The third-order valence-electron chi connectivity index (χ3n) is 5.27. The zero-order valence-electron chi connectivity index (χ0n) is 16.0. The van der Waals surface area contributed by atoms with Crippen molar-refractivity contribution in [3.63, 3.8) is 0 Å². The van der Waals surface area contributed by atoms with Crippen molar-refractivity contribution >= 4 is 16.9 Å². The third-order valence-corrected chi connectivity index (χ3v) is 5.27. The smallest absolute Gasteiger partial charge is 0.227 e. The Hall–Kier alpha value is -2.80. The Balaban J connectivity index is 1.35. The summed E-state index contributed by atoms with van der Waals surface area (Å²) in [4.78, 5) is 16.9. The molecule has 1 aromatic heterocycles. The SMILES string of the molecule is Cn1nnc2cc(CN3CCCN(C(=O)Cc4cccc(F)c4)CC3)ccc21. The molecule has 2 heterocycles. The number of rotatable bonds is 4. The summed E-state index contributed by atoms with van der Waals surface area (Å²) in [6.45, 7) is 4.05. The van der Waals surface area contributed by atoms with E-state index in [-0.39, 0.29) is 18.1 Å². The molecule has 28 heavy (non-hydrogen) atoms. The third kappa shape index (κ3) is 4.20. The number of amides is 1. The maximum atomic E-state index is 13.3. The maximum absolute atomic E-state index is 13.3. The summed E-state index contributed by atoms with van der Waals surface area (Å²) in [5.41, 5.74) is 3.85. The zero-order chi connectivity index (χ0) is 19.5. The molecule has 0 radical (unpaired) electrons. The molecule has 0 bridgehead atoms. The number of halogens is 1. The number of hydrogen-bond acceptors (Lipinski definition) is 4. The van der Waals surface area contributed by atoms with E-state index in [1.807, 2.05) is 11.9 Å². The minimum absolute atomic E-state index is 0.0634. The number of nitrogens with zero attached hydrogens (tertiary/aromatic N) is 5. The van der Waals surface area contributed by atoms with Gasteiger partial charge in [-0.25, -0.2) is 9.07 Å². The second-order valence-electron chi connectivity index (χ2n) is 7.35. The van der Waals surface area contributed by atoms with Gasteiger partial charge in [0.25, 0.3) is 0 Å². The fourth-order valence-electron chi connectivity index (χ4n) is 3.75. The number of fused-ring (bicyclic) bond motifs is 1. The topological polar surface area (TPSA) is 54.3 Å². The van der Waals surface area contributed by atoms with Crippen LogP contribution in [0, 0.1) is 5.82 Å². The summed E-state index contributed by atoms with van der Waals surface area (Å²) in [7, 11) is 1.89. The van der Waals surface area contributed by atoms with Crippen LogP contribution in [0.1, 0.15) is 17.5 Å². The van der Waals surface area contributed by atoms with Gasteiger partial charge in [-0.15, -0.1) is 5.10 Å². The highest BCUT2D eigenvalue weighted by atomic mass is 19.1. The van der Waals surface area contributed by atoms with Crippen LogP contribution >= 0.6 is 0 Å². The van der Waals surface area contributed by atoms with Crippen molar-refractivity contribution in [2.75, 3.05) is 26.2 Å². The molecule has 1 aliphatic rings. The lowest BCUT2D eigenvalue weighted by Gasteiger charge is -2.22. The molecule has 146 valence electrons. The predicted molar refractivity (Wildman–Crippen MR) is 105 cm³/mol. The fourth-order valence-corrected chi connectivity index (χ4v) is 3.75. The number of hydrogen-bond donors (Lipinski definition) is 0. The Morgan fingerprint density at radius 1 is 1.07 bits per heavy atom. The van der Waals surface area contributed by atoms with Gasteiger partial charge in [0, 0.05) is 39.8 Å². The lowest BCUT2D eigenvalue weighted by molar-refractivity contribution is -0.130. The molecule has 1 amide bonds. The van der Waals surface area contributed by atoms with Gasteiger partial charge in [0.15, 0.2) is 0 Å². The van der Waals surface area contributed by atoms with Gasteiger partial charge in [0.1, 0.15) is 11.3 Å². The molecule has 1 aliphatic heterocycles. The van der Waals surface area contributed by atoms with E-state index >= 15 is 0 Å². The molecule has 0 unspecified atom stereocenters. The lowest BCUT2D eigenvalue weighted by atomic mass is 10.1. The highest BCUT2D eigenvalue weighted by Crippen LogP contribution is 2.16. The van der Waals surface area contributed by atoms with Crippen molar-refractivity contribution in [3.05, 3.63) is 59.4 Å². The van der Waals surface area contributed by atoms with Crippen LogP contribution < -0.4 is 0 Å². The summed E-state index contributed by atoms with van der Waals surface area (Å²) in [5, 5.41) is 8.24. The number of carbonyl (C=O) groups is 1. The van der Waals surface area contributed by atoms with E-state index in [2.05, 4.69) is 33.4 Å². The Labute approximate surface area is 163 Å². The molecule has 3 aromatic rings. The average molecular weight is 381 g/mol. The zero-order valence-corrected chi connectivity index (χ0v) is 16.0. The molecule has 7 heteroatoms. The Morgan fingerprint density at radius 2 is 1.96 bits per heavy atom. The van der Waals surface area contributed by atoms with Crippen LogP contribution in [0.3, 0.4) is 0 Å². The van der Waals surface area contributed by atoms with Gasteiger partial charge in [-0.3, -0.25) is 9.69 Å². The number of aryl methyl sites for hydroxylation is 1. The average Bonchev–Trinajstić information content (AvgIpc) is 2.88. The molecule has 0 saturated carbocycles. The van der Waals surface area contributed by atoms with Crippen molar-refractivity contribution in [1.29, 1.82) is 0 Å². The first-order valence-corrected chi connectivity index (χ1v) is 9.61. The van der Waals surface area contributed by atoms with Crippen LogP contribution in [-0.2, 0) is 24.8 Å². The Bertz CT molecular complexity index is 986. The minimum atomic E-state index is -0.299. The highest BCUT2D eigenvalue weighted by Gasteiger charge is 2.19. The van der Waals surface area contributed by atoms with E-state index in [1.54, 1.807) is 16.8 Å². The summed E-state index contributed by atoms with van der Waals surface area (Å²) in [6, 6.07) is 12.5. The van der Waals surface area contributed by atoms with Gasteiger partial charge in [-0.05, 0) is 41.8 Å². The van der Waals surface area contributed by atoms with Crippen molar-refractivity contribution in [1.82, 2.24) is 24.8 Å². The lowest BCUT2D eigenvalue weighted by Crippen LogP contribution is -2.36. The van der Waals surface area contributed by atoms with Crippen LogP contribution in [-0.4, -0.2) is 56.9 Å². The molecule has 1 saturated heterocycles. The first kappa shape index (κ1) is 18.6. The van der Waals surface area contributed by atoms with Gasteiger partial charge < -0.3 is 4.90 Å². The largest absolute Gasteiger partial charge is 0.341 e. The molecule has 2 aromatic carbocycles. The molecule has 4 rings (SSSR count). The second-order valence-corrected chi connectivity index (χ2v) is 7.35. The van der Waals surface area contributed by atoms with E-state index in [0.29, 0.717) is 6.54 Å². The number of benzene rings is 2. The normalized spacial score (nSPS) is 15.7. The predicted octanol–water partition coefficient (Wildman–Crippen LogP) is 2.38. The van der Waals surface area contributed by atoms with Crippen LogP contribution in [0.15, 0.2) is 42.5 Å². The quantitative estimate of drug-likeness (QED) is 0.696. The first-order valence-electron chi connectivity index (χ1n) is 9.61. The van der Waals surface area contributed by atoms with Crippen molar-refractivity contribution in [3.8, 4) is 0 Å². The van der Waals surface area contributed by atoms with E-state index in [0.717, 1.165) is 49.2 Å². The molecular formula is C21H24FN5O. The Kier molecular flexibility index (Phi) is 5.34. The van der Waals surface area contributed by atoms with Gasteiger partial charge in [0.05, 0.1) is 11.9 Å². The summed E-state index contributed by atoms with van der Waals surface area (Å²) < 4.78 is 15.1. The van der Waals surface area contributed by atoms with Crippen LogP contribution in [0.4, 0.5) is 4.39 Å². The van der Waals surface area contributed by atoms with Crippen LogP contribution in [0.25, 0.3) is 11.0 Å². The summed E-state index contributed by atoms with van der Waals surface area (Å²) >= 11 is 0. The monoisotopic (exact) mass is 381 g/mol. The molecular weight excluding hydrogens is 357 g/mol. The van der Waals surface area contributed by atoms with Gasteiger partial charge >= 0.3 is 0 Å². The molecule has 6 nitrogen and oxygen atoms in total. The van der Waals surface area contributed by atoms with Gasteiger partial charge in [-0.2, -0.15) is 0 Å². The van der Waals surface area contributed by atoms with E-state index in [4.69, 9.17) is 0 Å². The Morgan fingerprint density at radius 3 is 2.82 bits per heavy atom. The highest BCUT2D eigenvalue weighted by molar-refractivity contribution is 5.78. The molecule has 0 N–H and O–H groups in total. The van der Waals surface area contributed by atoms with Crippen molar-refractivity contribution in [2.45, 2.75) is 19.4 Å². The van der Waals surface area contributed by atoms with E-state index < -0.39 is 0 Å². The van der Waals surface area contributed by atoms with Gasteiger partial charge in [-0.1, -0.05) is 23.4 Å². The molecule has 0 atom stereocenters. The van der Waals surface area contributed by atoms with Crippen LogP contribution in [0.2, 0.25) is 0 Å². The fraction of sp³-hybridized carbons (Fsp3) is 0.381. The summed E-state index contributed by atoms with van der Waals surface area (Å²) in [6.07, 6.45) is 1.18. The van der Waals surface area contributed by atoms with Crippen molar-refractivity contribution < 1.29 is 9.18 Å². The standard InChI is InChI=1S/C21H24FN5O/c1-25-20-7-6-17(13-19(20)23-24-25)15-26-8-3-9-27(11-10-26)21(28)14-16-4-2-5-18(22)12-16/h2,4-7,12-13H,3,8-11,14-15H2,1H3. The van der Waals surface area contributed by atoms with Crippen molar-refractivity contribution in [2.24, 2.45) is 7.05 Å². The van der Waals surface area contributed by atoms with Gasteiger partial charge in [0.2, 0.25) is 5.91 Å². The first-order chi connectivity index (χ1) is 13.6. The number of carbonyl (C=O) groups excluding carboxylic acids is 1.